The lowest BCUT2D eigenvalue weighted by atomic mass is 10.2. The summed E-state index contributed by atoms with van der Waals surface area (Å²) >= 11 is 5.67. The molecule has 0 fully saturated rings. The van der Waals surface area contributed by atoms with E-state index in [-0.39, 0.29) is 17.3 Å². The Labute approximate surface area is 117 Å². The van der Waals surface area contributed by atoms with E-state index in [0.717, 1.165) is 0 Å². The molecule has 0 aliphatic carbocycles. The third-order valence-electron chi connectivity index (χ3n) is 2.85. The summed E-state index contributed by atoms with van der Waals surface area (Å²) in [5.74, 6) is 0.387. The number of aromatic nitrogens is 4. The second-order valence-corrected chi connectivity index (χ2v) is 4.54. The molecule has 6 nitrogen and oxygen atoms in total. The Bertz CT molecular complexity index is 901. The number of aromatic amines is 1. The Morgan fingerprint density at radius 3 is 2.90 bits per heavy atom. The van der Waals surface area contributed by atoms with Crippen LogP contribution in [0.4, 0.5) is 0 Å². The molecule has 1 aromatic carbocycles. The molecule has 0 spiro atoms. The van der Waals surface area contributed by atoms with Crippen molar-refractivity contribution in [3.8, 4) is 0 Å². The Kier molecular flexibility index (Phi) is 3.08. The minimum absolute atomic E-state index is 0.115. The summed E-state index contributed by atoms with van der Waals surface area (Å²) in [6.07, 6.45) is 2.91. The van der Waals surface area contributed by atoms with Gasteiger partial charge in [-0.3, -0.25) is 9.59 Å². The fourth-order valence-corrected chi connectivity index (χ4v) is 2.08. The maximum atomic E-state index is 11.9. The summed E-state index contributed by atoms with van der Waals surface area (Å²) in [5, 5.41) is 0.395. The van der Waals surface area contributed by atoms with Gasteiger partial charge in [0.25, 0.3) is 11.1 Å². The number of fused-ring (bicyclic) bond motifs is 1. The summed E-state index contributed by atoms with van der Waals surface area (Å²) in [6.45, 7) is 0.126. The maximum absolute atomic E-state index is 11.9. The van der Waals surface area contributed by atoms with Crippen molar-refractivity contribution < 1.29 is 0 Å². The van der Waals surface area contributed by atoms with Crippen molar-refractivity contribution in [3.63, 3.8) is 0 Å². The van der Waals surface area contributed by atoms with Gasteiger partial charge in [-0.1, -0.05) is 23.7 Å². The van der Waals surface area contributed by atoms with Gasteiger partial charge in [-0.05, 0) is 12.1 Å². The molecule has 1 N–H and O–H groups in total. The van der Waals surface area contributed by atoms with Crippen molar-refractivity contribution in [2.24, 2.45) is 0 Å². The molecule has 0 saturated heterocycles. The molecule has 3 rings (SSSR count). The first-order valence-corrected chi connectivity index (χ1v) is 6.22. The smallest absolute Gasteiger partial charge is 0.288 e. The maximum Gasteiger partial charge on any atom is 0.288 e. The first-order valence-electron chi connectivity index (χ1n) is 5.84. The van der Waals surface area contributed by atoms with E-state index in [0.29, 0.717) is 16.7 Å². The van der Waals surface area contributed by atoms with Crippen LogP contribution in [0.5, 0.6) is 0 Å². The van der Waals surface area contributed by atoms with Crippen molar-refractivity contribution in [2.75, 3.05) is 0 Å². The van der Waals surface area contributed by atoms with Crippen LogP contribution in [0, 0.1) is 0 Å². The highest BCUT2D eigenvalue weighted by Crippen LogP contribution is 2.06. The molecule has 0 amide bonds. The number of benzene rings is 1. The number of hydrogen-bond acceptors (Lipinski definition) is 4. The highest BCUT2D eigenvalue weighted by molar-refractivity contribution is 6.29. The highest BCUT2D eigenvalue weighted by atomic mass is 35.5. The van der Waals surface area contributed by atoms with Crippen LogP contribution in [0.25, 0.3) is 10.9 Å². The van der Waals surface area contributed by atoms with Crippen LogP contribution in [0.1, 0.15) is 5.82 Å². The molecule has 0 aliphatic heterocycles. The normalized spacial score (nSPS) is 10.8. The molecule has 0 saturated carbocycles. The summed E-state index contributed by atoms with van der Waals surface area (Å²) < 4.78 is 1.34. The zero-order chi connectivity index (χ0) is 14.1. The third-order valence-corrected chi connectivity index (χ3v) is 3.11. The number of rotatable bonds is 2. The summed E-state index contributed by atoms with van der Waals surface area (Å²) in [4.78, 5) is 34.4. The first kappa shape index (κ1) is 12.6. The van der Waals surface area contributed by atoms with Gasteiger partial charge >= 0.3 is 0 Å². The Balaban J connectivity index is 2.10. The van der Waals surface area contributed by atoms with E-state index in [1.807, 2.05) is 0 Å². The fraction of sp³-hybridized carbons (Fsp3) is 0.0769. The van der Waals surface area contributed by atoms with Gasteiger partial charge in [0.2, 0.25) is 0 Å². The van der Waals surface area contributed by atoms with Gasteiger partial charge in [0.15, 0.2) is 5.15 Å². The Morgan fingerprint density at radius 2 is 2.05 bits per heavy atom. The molecule has 3 aromatic rings. The SMILES string of the molecule is O=c1[nH]c(Cn2ccnc(Cl)c2=O)nc2ccccc12. The first-order chi connectivity index (χ1) is 9.65. The highest BCUT2D eigenvalue weighted by Gasteiger charge is 2.06. The lowest BCUT2D eigenvalue weighted by molar-refractivity contribution is 0.708. The monoisotopic (exact) mass is 288 g/mol. The molecule has 0 atom stereocenters. The van der Waals surface area contributed by atoms with Crippen molar-refractivity contribution in [3.05, 3.63) is 68.3 Å². The Morgan fingerprint density at radius 1 is 1.25 bits per heavy atom. The number of halogens is 1. The van der Waals surface area contributed by atoms with Crippen LogP contribution in [0.2, 0.25) is 5.15 Å². The van der Waals surface area contributed by atoms with Crippen LogP contribution < -0.4 is 11.1 Å². The number of nitrogens with one attached hydrogen (secondary N) is 1. The van der Waals surface area contributed by atoms with E-state index in [1.165, 1.54) is 17.0 Å². The molecule has 100 valence electrons. The lowest BCUT2D eigenvalue weighted by Crippen LogP contribution is -2.23. The molecule has 20 heavy (non-hydrogen) atoms. The van der Waals surface area contributed by atoms with Gasteiger partial charge < -0.3 is 9.55 Å². The minimum atomic E-state index is -0.426. The average Bonchev–Trinajstić information content (AvgIpc) is 2.44. The molecular formula is C13H9ClN4O2. The van der Waals surface area contributed by atoms with Crippen molar-refractivity contribution in [1.82, 2.24) is 19.5 Å². The molecule has 2 heterocycles. The molecule has 0 aliphatic rings. The van der Waals surface area contributed by atoms with E-state index in [4.69, 9.17) is 11.6 Å². The van der Waals surface area contributed by atoms with Crippen LogP contribution in [0.15, 0.2) is 46.2 Å². The molecule has 0 bridgehead atoms. The van der Waals surface area contributed by atoms with E-state index in [2.05, 4.69) is 15.0 Å². The largest absolute Gasteiger partial charge is 0.308 e. The predicted octanol–water partition coefficient (Wildman–Crippen LogP) is 1.18. The number of para-hydroxylation sites is 1. The van der Waals surface area contributed by atoms with Gasteiger partial charge in [0.05, 0.1) is 17.4 Å². The van der Waals surface area contributed by atoms with E-state index >= 15 is 0 Å². The second kappa shape index (κ2) is 4.90. The molecular weight excluding hydrogens is 280 g/mol. The van der Waals surface area contributed by atoms with E-state index in [1.54, 1.807) is 24.3 Å². The fourth-order valence-electron chi connectivity index (χ4n) is 1.92. The van der Waals surface area contributed by atoms with Gasteiger partial charge in [-0.2, -0.15) is 0 Å². The number of hydrogen-bond donors (Lipinski definition) is 1. The van der Waals surface area contributed by atoms with Crippen LogP contribution in [0.3, 0.4) is 0 Å². The molecule has 7 heteroatoms. The van der Waals surface area contributed by atoms with Crippen LogP contribution >= 0.6 is 11.6 Å². The molecule has 0 unspecified atom stereocenters. The zero-order valence-electron chi connectivity index (χ0n) is 10.2. The van der Waals surface area contributed by atoms with Gasteiger partial charge in [0.1, 0.15) is 5.82 Å². The van der Waals surface area contributed by atoms with Gasteiger partial charge in [-0.25, -0.2) is 9.97 Å². The Hall–Kier alpha value is -2.47. The van der Waals surface area contributed by atoms with Crippen molar-refractivity contribution in [1.29, 1.82) is 0 Å². The predicted molar refractivity (Wildman–Crippen MR) is 75.0 cm³/mol. The van der Waals surface area contributed by atoms with Gasteiger partial charge in [-0.15, -0.1) is 0 Å². The molecule has 0 radical (unpaired) electrons. The third kappa shape index (κ3) is 2.21. The van der Waals surface area contributed by atoms with Crippen LogP contribution in [-0.4, -0.2) is 19.5 Å². The van der Waals surface area contributed by atoms with Crippen LogP contribution in [-0.2, 0) is 6.54 Å². The van der Waals surface area contributed by atoms with Crippen molar-refractivity contribution >= 4 is 22.5 Å². The number of H-pyrrole nitrogens is 1. The average molecular weight is 289 g/mol. The topological polar surface area (TPSA) is 80.6 Å². The zero-order valence-corrected chi connectivity index (χ0v) is 11.0. The van der Waals surface area contributed by atoms with Gasteiger partial charge in [0, 0.05) is 12.4 Å². The van der Waals surface area contributed by atoms with Crippen molar-refractivity contribution in [2.45, 2.75) is 6.54 Å². The second-order valence-electron chi connectivity index (χ2n) is 4.18. The summed E-state index contributed by atoms with van der Waals surface area (Å²) in [5.41, 5.74) is -0.0803. The standard InChI is InChI=1S/C13H9ClN4O2/c14-11-13(20)18(6-5-15-11)7-10-16-9-4-2-1-3-8(9)12(19)17-10/h1-6H,7H2,(H,16,17,19). The minimum Gasteiger partial charge on any atom is -0.308 e. The van der Waals surface area contributed by atoms with E-state index in [9.17, 15) is 9.59 Å². The summed E-state index contributed by atoms with van der Waals surface area (Å²) in [6, 6.07) is 7.01. The number of nitrogens with zero attached hydrogens (tertiary/aromatic N) is 3. The molecule has 2 aromatic heterocycles. The van der Waals surface area contributed by atoms with E-state index < -0.39 is 5.56 Å². The summed E-state index contributed by atoms with van der Waals surface area (Å²) in [7, 11) is 0. The quantitative estimate of drug-likeness (QED) is 0.768. The lowest BCUT2D eigenvalue weighted by Gasteiger charge is -2.05.